The van der Waals surface area contributed by atoms with Crippen molar-refractivity contribution in [2.24, 2.45) is 0 Å². The monoisotopic (exact) mass is 256 g/mol. The molecule has 3 rings (SSSR count). The lowest BCUT2D eigenvalue weighted by Gasteiger charge is -2.09. The summed E-state index contributed by atoms with van der Waals surface area (Å²) in [6, 6.07) is 9.18. The Labute approximate surface area is 108 Å². The summed E-state index contributed by atoms with van der Waals surface area (Å²) < 4.78 is 2.64. The lowest BCUT2D eigenvalue weighted by atomic mass is 10.1. The number of benzene rings is 1. The lowest BCUT2D eigenvalue weighted by Crippen LogP contribution is -2.24. The van der Waals surface area contributed by atoms with Gasteiger partial charge in [-0.3, -0.25) is 4.98 Å². The first-order valence-corrected chi connectivity index (χ1v) is 5.88. The molecule has 3 aromatic rings. The van der Waals surface area contributed by atoms with E-state index in [1.807, 2.05) is 30.3 Å². The Morgan fingerprint density at radius 3 is 2.79 bits per heavy atom. The highest BCUT2D eigenvalue weighted by Crippen LogP contribution is 2.13. The second-order valence-corrected chi connectivity index (χ2v) is 4.20. The van der Waals surface area contributed by atoms with Gasteiger partial charge in [0.2, 0.25) is 0 Å². The van der Waals surface area contributed by atoms with Crippen LogP contribution >= 0.6 is 0 Å². The van der Waals surface area contributed by atoms with Crippen LogP contribution in [-0.2, 0) is 6.54 Å². The van der Waals surface area contributed by atoms with E-state index in [-0.39, 0.29) is 12.2 Å². The van der Waals surface area contributed by atoms with Gasteiger partial charge in [0, 0.05) is 12.4 Å². The minimum atomic E-state index is -0.767. The molecular formula is C13H12N4O2. The van der Waals surface area contributed by atoms with Crippen molar-refractivity contribution in [1.82, 2.24) is 19.2 Å². The summed E-state index contributed by atoms with van der Waals surface area (Å²) in [4.78, 5) is 15.9. The molecule has 96 valence electrons. The molecule has 0 amide bonds. The quantitative estimate of drug-likeness (QED) is 0.745. The molecule has 1 unspecified atom stereocenters. The predicted molar refractivity (Wildman–Crippen MR) is 68.6 cm³/mol. The van der Waals surface area contributed by atoms with Gasteiger partial charge >= 0.3 is 5.69 Å². The zero-order valence-electron chi connectivity index (χ0n) is 10.0. The van der Waals surface area contributed by atoms with E-state index in [4.69, 9.17) is 0 Å². The van der Waals surface area contributed by atoms with E-state index in [0.717, 1.165) is 5.56 Å². The number of nitrogens with zero attached hydrogens (tertiary/aromatic N) is 4. The maximum Gasteiger partial charge on any atom is 0.350 e. The fourth-order valence-electron chi connectivity index (χ4n) is 1.94. The Hall–Kier alpha value is -2.47. The van der Waals surface area contributed by atoms with Crippen LogP contribution in [-0.4, -0.2) is 24.3 Å². The smallest absolute Gasteiger partial charge is 0.350 e. The number of hydrogen-bond donors (Lipinski definition) is 1. The van der Waals surface area contributed by atoms with Crippen molar-refractivity contribution in [3.63, 3.8) is 0 Å². The Kier molecular flexibility index (Phi) is 2.85. The van der Waals surface area contributed by atoms with Crippen molar-refractivity contribution in [2.45, 2.75) is 12.6 Å². The van der Waals surface area contributed by atoms with Crippen LogP contribution in [0.5, 0.6) is 0 Å². The summed E-state index contributed by atoms with van der Waals surface area (Å²) in [5, 5.41) is 14.2. The summed E-state index contributed by atoms with van der Waals surface area (Å²) in [5.74, 6) is 0. The molecule has 6 heteroatoms. The number of aliphatic hydroxyl groups is 1. The third-order valence-corrected chi connectivity index (χ3v) is 2.92. The molecule has 1 aromatic carbocycles. The standard InChI is InChI=1S/C13H12N4O2/c18-11(10-4-2-1-3-5-10)9-17-13(19)16-7-6-14-8-12(16)15-17/h1-8,11,18H,9H2. The number of fused-ring (bicyclic) bond motifs is 1. The van der Waals surface area contributed by atoms with Crippen LogP contribution in [0.25, 0.3) is 5.65 Å². The Morgan fingerprint density at radius 1 is 1.26 bits per heavy atom. The van der Waals surface area contributed by atoms with Crippen molar-refractivity contribution >= 4 is 5.65 Å². The zero-order chi connectivity index (χ0) is 13.2. The number of hydrogen-bond acceptors (Lipinski definition) is 4. The van der Waals surface area contributed by atoms with E-state index in [1.54, 1.807) is 6.20 Å². The number of aliphatic hydroxyl groups excluding tert-OH is 1. The zero-order valence-corrected chi connectivity index (χ0v) is 10.0. The molecule has 0 saturated carbocycles. The van der Waals surface area contributed by atoms with Crippen LogP contribution in [0.15, 0.2) is 53.7 Å². The van der Waals surface area contributed by atoms with Gasteiger partial charge < -0.3 is 5.11 Å². The van der Waals surface area contributed by atoms with Crippen LogP contribution in [0.4, 0.5) is 0 Å². The number of rotatable bonds is 3. The summed E-state index contributed by atoms with van der Waals surface area (Å²) in [6.07, 6.45) is 3.81. The third kappa shape index (κ3) is 2.13. The van der Waals surface area contributed by atoms with Crippen molar-refractivity contribution in [2.75, 3.05) is 0 Å². The summed E-state index contributed by atoms with van der Waals surface area (Å²) in [6.45, 7) is 0.116. The van der Waals surface area contributed by atoms with Gasteiger partial charge in [0.25, 0.3) is 0 Å². The third-order valence-electron chi connectivity index (χ3n) is 2.92. The SMILES string of the molecule is O=c1n(CC(O)c2ccccc2)nc2cnccn12. The Bertz CT molecular complexity index is 748. The van der Waals surface area contributed by atoms with Gasteiger partial charge in [-0.15, -0.1) is 5.10 Å². The molecule has 1 N–H and O–H groups in total. The average molecular weight is 256 g/mol. The fraction of sp³-hybridized carbons (Fsp3) is 0.154. The van der Waals surface area contributed by atoms with E-state index in [9.17, 15) is 9.90 Å². The molecule has 0 radical (unpaired) electrons. The second kappa shape index (κ2) is 4.66. The van der Waals surface area contributed by atoms with Gasteiger partial charge in [0.1, 0.15) is 0 Å². The van der Waals surface area contributed by atoms with Gasteiger partial charge in [0.15, 0.2) is 5.65 Å². The molecule has 0 aliphatic carbocycles. The van der Waals surface area contributed by atoms with E-state index in [0.29, 0.717) is 5.65 Å². The van der Waals surface area contributed by atoms with Gasteiger partial charge in [-0.2, -0.15) is 0 Å². The summed E-state index contributed by atoms with van der Waals surface area (Å²) in [5.41, 5.74) is 0.935. The molecule has 19 heavy (non-hydrogen) atoms. The molecular weight excluding hydrogens is 244 g/mol. The van der Waals surface area contributed by atoms with Crippen molar-refractivity contribution in [3.8, 4) is 0 Å². The fourth-order valence-corrected chi connectivity index (χ4v) is 1.94. The van der Waals surface area contributed by atoms with Gasteiger partial charge in [-0.05, 0) is 5.56 Å². The maximum atomic E-state index is 12.0. The number of aromatic nitrogens is 4. The van der Waals surface area contributed by atoms with Crippen molar-refractivity contribution in [1.29, 1.82) is 0 Å². The highest BCUT2D eigenvalue weighted by atomic mass is 16.3. The van der Waals surface area contributed by atoms with Crippen LogP contribution in [0, 0.1) is 0 Å². The minimum Gasteiger partial charge on any atom is -0.386 e. The van der Waals surface area contributed by atoms with E-state index in [1.165, 1.54) is 21.5 Å². The van der Waals surface area contributed by atoms with E-state index in [2.05, 4.69) is 10.1 Å². The van der Waals surface area contributed by atoms with Crippen LogP contribution in [0.2, 0.25) is 0 Å². The first-order chi connectivity index (χ1) is 9.25. The van der Waals surface area contributed by atoms with Gasteiger partial charge in [0.05, 0.1) is 18.8 Å². The predicted octanol–water partition coefficient (Wildman–Crippen LogP) is 0.625. The Morgan fingerprint density at radius 2 is 2.05 bits per heavy atom. The molecule has 0 aliphatic rings. The molecule has 0 bridgehead atoms. The normalized spacial score (nSPS) is 12.7. The van der Waals surface area contributed by atoms with Crippen LogP contribution in [0.3, 0.4) is 0 Å². The van der Waals surface area contributed by atoms with Crippen molar-refractivity contribution in [3.05, 3.63) is 65.0 Å². The van der Waals surface area contributed by atoms with Gasteiger partial charge in [-0.25, -0.2) is 13.9 Å². The summed E-state index contributed by atoms with van der Waals surface area (Å²) in [7, 11) is 0. The first kappa shape index (κ1) is 11.6. The highest BCUT2D eigenvalue weighted by molar-refractivity contribution is 5.31. The maximum absolute atomic E-state index is 12.0. The van der Waals surface area contributed by atoms with E-state index >= 15 is 0 Å². The molecule has 0 aliphatic heterocycles. The van der Waals surface area contributed by atoms with Crippen LogP contribution in [0.1, 0.15) is 11.7 Å². The molecule has 6 nitrogen and oxygen atoms in total. The van der Waals surface area contributed by atoms with Crippen LogP contribution < -0.4 is 5.69 Å². The largest absolute Gasteiger partial charge is 0.386 e. The van der Waals surface area contributed by atoms with Crippen molar-refractivity contribution < 1.29 is 5.11 Å². The lowest BCUT2D eigenvalue weighted by molar-refractivity contribution is 0.150. The van der Waals surface area contributed by atoms with E-state index < -0.39 is 6.10 Å². The molecule has 0 fully saturated rings. The van der Waals surface area contributed by atoms with Gasteiger partial charge in [-0.1, -0.05) is 30.3 Å². The Balaban J connectivity index is 1.94. The molecule has 0 saturated heterocycles. The summed E-state index contributed by atoms with van der Waals surface area (Å²) >= 11 is 0. The minimum absolute atomic E-state index is 0.116. The molecule has 0 spiro atoms. The molecule has 2 aromatic heterocycles. The molecule has 1 atom stereocenters. The molecule has 2 heterocycles. The topological polar surface area (TPSA) is 72.4 Å². The average Bonchev–Trinajstić information content (AvgIpc) is 2.77. The highest BCUT2D eigenvalue weighted by Gasteiger charge is 2.12. The second-order valence-electron chi connectivity index (χ2n) is 4.20. The first-order valence-electron chi connectivity index (χ1n) is 5.88.